The summed E-state index contributed by atoms with van der Waals surface area (Å²) in [6.07, 6.45) is 16.1. The number of aryl methyl sites for hydroxylation is 3. The molecule has 1 unspecified atom stereocenters. The van der Waals surface area contributed by atoms with E-state index in [-0.39, 0.29) is 35.8 Å². The quantitative estimate of drug-likeness (QED) is 0.0703. The number of carbonyl (C=O) groups excluding carboxylic acids is 2. The largest absolute Gasteiger partial charge is 0.493 e. The normalized spacial score (nSPS) is 13.9. The number of halogens is 3. The summed E-state index contributed by atoms with van der Waals surface area (Å²) in [7, 11) is 3.46. The van der Waals surface area contributed by atoms with Gasteiger partial charge in [-0.05, 0) is 99.5 Å². The van der Waals surface area contributed by atoms with Crippen LogP contribution in [0.1, 0.15) is 78.1 Å². The minimum atomic E-state index is -0.489. The highest BCUT2D eigenvalue weighted by molar-refractivity contribution is 5.96. The zero-order valence-electron chi connectivity index (χ0n) is 56.0. The van der Waals surface area contributed by atoms with Gasteiger partial charge in [-0.15, -0.1) is 0 Å². The van der Waals surface area contributed by atoms with Gasteiger partial charge in [0.1, 0.15) is 51.6 Å². The molecule has 12 aromatic rings. The molecule has 16 rings (SSSR count). The van der Waals surface area contributed by atoms with Crippen molar-refractivity contribution in [2.75, 3.05) is 76.2 Å². The van der Waals surface area contributed by atoms with E-state index < -0.39 is 6.10 Å². The number of hydrogen-bond acceptors (Lipinski definition) is 17. The Morgan fingerprint density at radius 3 is 1.30 bits per heavy atom. The third kappa shape index (κ3) is 13.5. The fourth-order valence-corrected chi connectivity index (χ4v) is 13.0. The molecule has 1 atom stereocenters. The summed E-state index contributed by atoms with van der Waals surface area (Å²) in [5, 5.41) is 23.7. The first kappa shape index (κ1) is 65.9. The van der Waals surface area contributed by atoms with Gasteiger partial charge in [-0.1, -0.05) is 24.3 Å². The second-order valence-corrected chi connectivity index (χ2v) is 25.1. The Hall–Kier alpha value is -11.4. The lowest BCUT2D eigenvalue weighted by Gasteiger charge is -2.26. The number of nitrogens with one attached hydrogen (secondary N) is 3. The molecule has 7 aromatic heterocycles. The van der Waals surface area contributed by atoms with E-state index in [1.165, 1.54) is 18.2 Å². The fourth-order valence-electron chi connectivity index (χ4n) is 13.0. The molecule has 100 heavy (non-hydrogen) atoms. The molecule has 1 saturated heterocycles. The molecule has 0 spiro atoms. The molecule has 23 nitrogen and oxygen atoms in total. The number of ether oxygens (including phenoxy) is 4. The minimum absolute atomic E-state index is 0.00866. The summed E-state index contributed by atoms with van der Waals surface area (Å²) in [6, 6.07) is 24.3. The zero-order valence-corrected chi connectivity index (χ0v) is 56.0. The number of fused-ring (bicyclic) bond motifs is 6. The van der Waals surface area contributed by atoms with Crippen molar-refractivity contribution >= 4 is 46.6 Å². The molecule has 2 amide bonds. The molecular formula is C74H73F3N16O7. The highest BCUT2D eigenvalue weighted by Crippen LogP contribution is 2.36. The maximum atomic E-state index is 14.6. The van der Waals surface area contributed by atoms with Gasteiger partial charge in [0.15, 0.2) is 0 Å². The number of aliphatic hydroxyl groups excluding tert-OH is 1. The fraction of sp³-hybridized carbons (Fsp3) is 0.284. The first-order valence-electron chi connectivity index (χ1n) is 33.1. The van der Waals surface area contributed by atoms with Crippen LogP contribution in [0.4, 0.5) is 31.0 Å². The van der Waals surface area contributed by atoms with E-state index in [1.807, 2.05) is 100 Å². The van der Waals surface area contributed by atoms with Gasteiger partial charge < -0.3 is 49.8 Å². The Balaban J connectivity index is 0.000000128. The van der Waals surface area contributed by atoms with Crippen LogP contribution in [-0.4, -0.2) is 146 Å². The average molecular weight is 1360 g/mol. The maximum absolute atomic E-state index is 14.6. The first-order valence-corrected chi connectivity index (χ1v) is 33.1. The summed E-state index contributed by atoms with van der Waals surface area (Å²) in [4.78, 5) is 56.2. The summed E-state index contributed by atoms with van der Waals surface area (Å²) in [5.74, 6) is 3.16. The standard InChI is InChI=1S/C27H26FN5O3.C25H24FN5O2.C22H23FN6O2/c1-17-16-33-25(31-17)21(18-2-4-19(5-3-18)26(34)32-9-12-35-13-10-32)14-29-27(33)30-15-22-20-8-11-36-24(20)7-6-23(22)28;1-15-14-31-23(29-15)19(16-4-6-17(7-5-16)24(32)30(2)3)12-27-25(31)28-13-20-18-10-11-33-22(18)9-8-21(20)26;1-13-10-29-21(27-13)17(15-7-26-28(12-15)11-14(2)30)8-24-22(29)25-9-18-16-5-6-31-20(16)4-3-19(18)23/h2-7,14,16H,8-13,15H2,1H3,(H,29,30);4-9,12,14H,10-11,13H2,1-3H3,(H,27,28);3-4,7-8,10,12,14,30H,5-6,9,11H2,1-2H3,(H,24,25). The van der Waals surface area contributed by atoms with Crippen molar-refractivity contribution in [3.63, 3.8) is 0 Å². The monoisotopic (exact) mass is 1350 g/mol. The second kappa shape index (κ2) is 28.2. The van der Waals surface area contributed by atoms with Gasteiger partial charge in [0.25, 0.3) is 11.8 Å². The van der Waals surface area contributed by atoms with Gasteiger partial charge >= 0.3 is 0 Å². The van der Waals surface area contributed by atoms with Gasteiger partial charge in [-0.2, -0.15) is 5.10 Å². The second-order valence-electron chi connectivity index (χ2n) is 25.1. The van der Waals surface area contributed by atoms with Crippen LogP contribution < -0.4 is 30.2 Å². The molecule has 512 valence electrons. The topological polar surface area (TPSA) is 242 Å². The van der Waals surface area contributed by atoms with Crippen molar-refractivity contribution in [2.24, 2.45) is 0 Å². The highest BCUT2D eigenvalue weighted by atomic mass is 19.1. The number of carbonyl (C=O) groups is 2. The summed E-state index contributed by atoms with van der Waals surface area (Å²) < 4.78 is 73.0. The van der Waals surface area contributed by atoms with Crippen LogP contribution in [0.15, 0.2) is 135 Å². The van der Waals surface area contributed by atoms with Crippen molar-refractivity contribution in [3.8, 4) is 50.6 Å². The predicted molar refractivity (Wildman–Crippen MR) is 370 cm³/mol. The summed E-state index contributed by atoms with van der Waals surface area (Å²) in [5.41, 5.74) is 15.7. The van der Waals surface area contributed by atoms with Crippen LogP contribution in [-0.2, 0) is 50.2 Å². The third-order valence-electron chi connectivity index (χ3n) is 17.9. The molecule has 0 bridgehead atoms. The number of anilines is 3. The number of amides is 2. The molecule has 5 aromatic carbocycles. The van der Waals surface area contributed by atoms with E-state index in [4.69, 9.17) is 23.9 Å². The van der Waals surface area contributed by atoms with Crippen molar-refractivity contribution in [3.05, 3.63) is 214 Å². The van der Waals surface area contributed by atoms with Crippen LogP contribution in [0.5, 0.6) is 17.2 Å². The Kier molecular flexibility index (Phi) is 18.6. The molecule has 4 N–H and O–H groups in total. The molecule has 0 saturated carbocycles. The average Bonchev–Trinajstić information content (AvgIpc) is 1.61. The van der Waals surface area contributed by atoms with Gasteiger partial charge in [0, 0.05) is 176 Å². The molecule has 0 radical (unpaired) electrons. The van der Waals surface area contributed by atoms with Crippen molar-refractivity contribution in [1.29, 1.82) is 0 Å². The lowest BCUT2D eigenvalue weighted by Crippen LogP contribution is -2.40. The van der Waals surface area contributed by atoms with Gasteiger partial charge in [0.05, 0.1) is 69.0 Å². The number of aromatic nitrogens is 11. The molecule has 26 heteroatoms. The zero-order chi connectivity index (χ0) is 69.3. The summed E-state index contributed by atoms with van der Waals surface area (Å²) >= 11 is 0. The van der Waals surface area contributed by atoms with Gasteiger partial charge in [-0.25, -0.2) is 43.1 Å². The smallest absolute Gasteiger partial charge is 0.254 e. The van der Waals surface area contributed by atoms with Gasteiger partial charge in [-0.3, -0.25) is 27.5 Å². The molecule has 0 aliphatic carbocycles. The number of morpholine rings is 1. The number of imidazole rings is 3. The van der Waals surface area contributed by atoms with Crippen molar-refractivity contribution < 1.29 is 46.8 Å². The van der Waals surface area contributed by atoms with E-state index in [1.54, 1.807) is 85.7 Å². The number of benzene rings is 5. The summed E-state index contributed by atoms with van der Waals surface area (Å²) in [6.45, 7) is 12.8. The van der Waals surface area contributed by atoms with Crippen LogP contribution in [0.3, 0.4) is 0 Å². The number of nitrogens with zero attached hydrogens (tertiary/aromatic N) is 13. The SMILES string of the molecule is Cc1cn2c(NCc3c(F)ccc4c3CCO4)ncc(-c3ccc(C(=O)N(C)C)cc3)c2n1.Cc1cn2c(NCc3c(F)ccc4c3CCO4)ncc(-c3ccc(C(=O)N4CCOCC4)cc3)c2n1.Cc1cn2c(NCc3c(F)ccc4c3CCO4)ncc(-c3cnn(CC(C)O)c3)c2n1. The Morgan fingerprint density at radius 2 is 0.910 bits per heavy atom. The van der Waals surface area contributed by atoms with E-state index in [2.05, 4.69) is 46.0 Å². The van der Waals surface area contributed by atoms with Crippen LogP contribution in [0.2, 0.25) is 0 Å². The van der Waals surface area contributed by atoms with Crippen molar-refractivity contribution in [1.82, 2.24) is 62.7 Å². The van der Waals surface area contributed by atoms with E-state index >= 15 is 0 Å². The molecule has 11 heterocycles. The molecule has 4 aliphatic heterocycles. The predicted octanol–water partition coefficient (Wildman–Crippen LogP) is 10.9. The highest BCUT2D eigenvalue weighted by Gasteiger charge is 2.26. The van der Waals surface area contributed by atoms with Gasteiger partial charge in [0.2, 0.25) is 17.8 Å². The third-order valence-corrected chi connectivity index (χ3v) is 17.9. The Bertz CT molecular complexity index is 5060. The van der Waals surface area contributed by atoms with Crippen LogP contribution in [0, 0.1) is 38.2 Å². The van der Waals surface area contributed by atoms with Crippen LogP contribution in [0.25, 0.3) is 50.3 Å². The van der Waals surface area contributed by atoms with Crippen molar-refractivity contribution in [2.45, 2.75) is 79.2 Å². The lowest BCUT2D eigenvalue weighted by atomic mass is 10.0. The minimum Gasteiger partial charge on any atom is -0.493 e. The molecular weight excluding hydrogens is 1280 g/mol. The van der Waals surface area contributed by atoms with E-state index in [0.717, 1.165) is 101 Å². The number of rotatable bonds is 16. The first-order chi connectivity index (χ1) is 48.5. The van der Waals surface area contributed by atoms with Crippen LogP contribution >= 0.6 is 0 Å². The Labute approximate surface area is 573 Å². The molecule has 4 aliphatic rings. The number of hydrogen-bond donors (Lipinski definition) is 4. The maximum Gasteiger partial charge on any atom is 0.254 e. The lowest BCUT2D eigenvalue weighted by molar-refractivity contribution is 0.0303. The Morgan fingerprint density at radius 1 is 0.520 bits per heavy atom. The van der Waals surface area contributed by atoms with E-state index in [0.29, 0.717) is 131 Å². The van der Waals surface area contributed by atoms with E-state index in [9.17, 15) is 27.9 Å². The number of aliphatic hydroxyl groups is 1. The molecule has 1 fully saturated rings.